The number of carboxylic acids is 1. The molecular formula is C10H18N2O5S. The summed E-state index contributed by atoms with van der Waals surface area (Å²) in [6.07, 6.45) is -0.757. The van der Waals surface area contributed by atoms with Gasteiger partial charge >= 0.3 is 12.1 Å². The van der Waals surface area contributed by atoms with E-state index in [0.717, 1.165) is 0 Å². The normalized spacial score (nSPS) is 12.4. The van der Waals surface area contributed by atoms with Gasteiger partial charge in [0.25, 0.3) is 0 Å². The Kier molecular flexibility index (Phi) is 6.53. The van der Waals surface area contributed by atoms with Gasteiger partial charge in [0.2, 0.25) is 5.91 Å². The Morgan fingerprint density at radius 3 is 2.28 bits per heavy atom. The van der Waals surface area contributed by atoms with Gasteiger partial charge in [-0.3, -0.25) is 9.59 Å². The van der Waals surface area contributed by atoms with E-state index in [9.17, 15) is 14.4 Å². The smallest absolute Gasteiger partial charge is 0.408 e. The Hall–Kier alpha value is -1.44. The molecule has 0 rings (SSSR count). The molecule has 3 N–H and O–H groups in total. The maximum Gasteiger partial charge on any atom is 0.408 e. The fraction of sp³-hybridized carbons (Fsp3) is 0.700. The van der Waals surface area contributed by atoms with Gasteiger partial charge in [0.1, 0.15) is 18.2 Å². The number of thiol groups is 1. The highest BCUT2D eigenvalue weighted by molar-refractivity contribution is 7.80. The summed E-state index contributed by atoms with van der Waals surface area (Å²) in [6.45, 7) is 4.55. The molecule has 0 fully saturated rings. The molecule has 104 valence electrons. The number of carbonyl (C=O) groups is 3. The van der Waals surface area contributed by atoms with Crippen LogP contribution in [0.3, 0.4) is 0 Å². The van der Waals surface area contributed by atoms with E-state index < -0.39 is 36.2 Å². The molecule has 0 aromatic rings. The summed E-state index contributed by atoms with van der Waals surface area (Å²) in [5.74, 6) is -1.76. The van der Waals surface area contributed by atoms with Crippen LogP contribution in [0.25, 0.3) is 0 Å². The molecule has 0 aliphatic rings. The van der Waals surface area contributed by atoms with Gasteiger partial charge in [0.15, 0.2) is 0 Å². The van der Waals surface area contributed by atoms with Crippen LogP contribution >= 0.6 is 12.6 Å². The van der Waals surface area contributed by atoms with Crippen molar-refractivity contribution in [3.05, 3.63) is 0 Å². The first kappa shape index (κ1) is 16.6. The molecule has 1 atom stereocenters. The number of hydrogen-bond donors (Lipinski definition) is 4. The summed E-state index contributed by atoms with van der Waals surface area (Å²) in [5, 5.41) is 12.9. The molecule has 0 radical (unpaired) electrons. The molecule has 0 saturated carbocycles. The maximum atomic E-state index is 11.5. The van der Waals surface area contributed by atoms with Crippen molar-refractivity contribution in [3.8, 4) is 0 Å². The SMILES string of the molecule is CC(C)(C)OC(=O)N[C@@H](CS)C(=O)NCC(=O)O. The largest absolute Gasteiger partial charge is 0.480 e. The first-order valence-electron chi connectivity index (χ1n) is 5.25. The molecule has 0 aromatic carbocycles. The number of rotatable bonds is 5. The molecule has 2 amide bonds. The van der Waals surface area contributed by atoms with Crippen molar-refractivity contribution in [3.63, 3.8) is 0 Å². The molecule has 0 bridgehead atoms. The number of hydrogen-bond acceptors (Lipinski definition) is 5. The van der Waals surface area contributed by atoms with Crippen LogP contribution in [0.4, 0.5) is 4.79 Å². The van der Waals surface area contributed by atoms with Gasteiger partial charge < -0.3 is 20.5 Å². The fourth-order valence-electron chi connectivity index (χ4n) is 0.930. The van der Waals surface area contributed by atoms with Crippen molar-refractivity contribution in [2.45, 2.75) is 32.4 Å². The number of alkyl carbamates (subject to hydrolysis) is 1. The van der Waals surface area contributed by atoms with E-state index in [0.29, 0.717) is 0 Å². The highest BCUT2D eigenvalue weighted by atomic mass is 32.1. The minimum absolute atomic E-state index is 0.0324. The molecule has 0 aliphatic carbocycles. The van der Waals surface area contributed by atoms with Crippen LogP contribution in [-0.4, -0.2) is 47.0 Å². The quantitative estimate of drug-likeness (QED) is 0.530. The lowest BCUT2D eigenvalue weighted by molar-refractivity contribution is -0.138. The zero-order valence-corrected chi connectivity index (χ0v) is 11.4. The minimum atomic E-state index is -1.17. The van der Waals surface area contributed by atoms with Crippen molar-refractivity contribution in [1.29, 1.82) is 0 Å². The summed E-state index contributed by atoms with van der Waals surface area (Å²) in [6, 6.07) is -0.942. The van der Waals surface area contributed by atoms with E-state index >= 15 is 0 Å². The third-order valence-electron chi connectivity index (χ3n) is 1.60. The summed E-state index contributed by atoms with van der Waals surface area (Å²) in [4.78, 5) is 33.2. The Morgan fingerprint density at radius 2 is 1.89 bits per heavy atom. The molecule has 8 heteroatoms. The molecule has 0 aliphatic heterocycles. The molecule has 18 heavy (non-hydrogen) atoms. The molecule has 0 saturated heterocycles. The second-order valence-corrected chi connectivity index (χ2v) is 4.86. The number of ether oxygens (including phenoxy) is 1. The predicted molar refractivity (Wildman–Crippen MR) is 67.7 cm³/mol. The Balaban J connectivity index is 4.29. The van der Waals surface area contributed by atoms with Crippen LogP contribution in [0.5, 0.6) is 0 Å². The number of amides is 2. The number of nitrogens with one attached hydrogen (secondary N) is 2. The molecule has 0 aromatic heterocycles. The van der Waals surface area contributed by atoms with Gasteiger partial charge in [0.05, 0.1) is 0 Å². The Labute approximate surface area is 111 Å². The van der Waals surface area contributed by atoms with Crippen LogP contribution in [0.1, 0.15) is 20.8 Å². The summed E-state index contributed by atoms with van der Waals surface area (Å²) >= 11 is 3.91. The molecular weight excluding hydrogens is 260 g/mol. The average molecular weight is 278 g/mol. The van der Waals surface area contributed by atoms with Crippen molar-refractivity contribution in [2.75, 3.05) is 12.3 Å². The van der Waals surface area contributed by atoms with Gasteiger partial charge in [-0.25, -0.2) is 4.79 Å². The summed E-state index contributed by atoms with van der Waals surface area (Å²) < 4.78 is 4.97. The lowest BCUT2D eigenvalue weighted by atomic mass is 10.2. The topological polar surface area (TPSA) is 105 Å². The molecule has 0 unspecified atom stereocenters. The van der Waals surface area contributed by atoms with E-state index in [1.807, 2.05) is 0 Å². The van der Waals surface area contributed by atoms with Crippen LogP contribution in [-0.2, 0) is 14.3 Å². The molecule has 0 heterocycles. The maximum absolute atomic E-state index is 11.5. The minimum Gasteiger partial charge on any atom is -0.480 e. The summed E-state index contributed by atoms with van der Waals surface area (Å²) in [5.41, 5.74) is -0.678. The van der Waals surface area contributed by atoms with Crippen LogP contribution in [0.2, 0.25) is 0 Å². The number of carbonyl (C=O) groups excluding carboxylic acids is 2. The van der Waals surface area contributed by atoms with E-state index in [4.69, 9.17) is 9.84 Å². The predicted octanol–water partition coefficient (Wildman–Crippen LogP) is 0.0103. The van der Waals surface area contributed by atoms with Crippen LogP contribution in [0, 0.1) is 0 Å². The summed E-state index contributed by atoms with van der Waals surface area (Å²) in [7, 11) is 0. The van der Waals surface area contributed by atoms with E-state index in [1.54, 1.807) is 20.8 Å². The van der Waals surface area contributed by atoms with Crippen molar-refractivity contribution in [1.82, 2.24) is 10.6 Å². The lowest BCUT2D eigenvalue weighted by Gasteiger charge is -2.22. The second-order valence-electron chi connectivity index (χ2n) is 4.49. The molecule has 7 nitrogen and oxygen atoms in total. The van der Waals surface area contributed by atoms with Crippen molar-refractivity contribution in [2.24, 2.45) is 0 Å². The van der Waals surface area contributed by atoms with Gasteiger partial charge in [-0.2, -0.15) is 12.6 Å². The van der Waals surface area contributed by atoms with E-state index in [1.165, 1.54) is 0 Å². The Morgan fingerprint density at radius 1 is 1.33 bits per heavy atom. The van der Waals surface area contributed by atoms with Gasteiger partial charge in [-0.1, -0.05) is 0 Å². The monoisotopic (exact) mass is 278 g/mol. The first-order valence-corrected chi connectivity index (χ1v) is 5.89. The van der Waals surface area contributed by atoms with Gasteiger partial charge in [0, 0.05) is 5.75 Å². The lowest BCUT2D eigenvalue weighted by Crippen LogP contribution is -2.50. The van der Waals surface area contributed by atoms with Gasteiger partial charge in [-0.05, 0) is 20.8 Å². The van der Waals surface area contributed by atoms with Crippen molar-refractivity contribution >= 4 is 30.6 Å². The highest BCUT2D eigenvalue weighted by Crippen LogP contribution is 2.06. The first-order chi connectivity index (χ1) is 8.15. The van der Waals surface area contributed by atoms with Crippen LogP contribution < -0.4 is 10.6 Å². The highest BCUT2D eigenvalue weighted by Gasteiger charge is 2.23. The zero-order chi connectivity index (χ0) is 14.3. The third kappa shape index (κ3) is 7.77. The van der Waals surface area contributed by atoms with E-state index in [2.05, 4.69) is 23.3 Å². The average Bonchev–Trinajstić information content (AvgIpc) is 2.19. The number of carboxylic acid groups (broad SMARTS) is 1. The van der Waals surface area contributed by atoms with Crippen molar-refractivity contribution < 1.29 is 24.2 Å². The standard InChI is InChI=1S/C10H18N2O5S/c1-10(2,3)17-9(16)12-6(5-18)8(15)11-4-7(13)14/h6,18H,4-5H2,1-3H3,(H,11,15)(H,12,16)(H,13,14)/t6-/m0/s1. The molecule has 0 spiro atoms. The second kappa shape index (κ2) is 7.10. The Bertz CT molecular complexity index is 327. The van der Waals surface area contributed by atoms with Gasteiger partial charge in [-0.15, -0.1) is 0 Å². The fourth-order valence-corrected chi connectivity index (χ4v) is 1.19. The number of aliphatic carboxylic acids is 1. The van der Waals surface area contributed by atoms with Crippen LogP contribution in [0.15, 0.2) is 0 Å². The van der Waals surface area contributed by atoms with E-state index in [-0.39, 0.29) is 5.75 Å². The third-order valence-corrected chi connectivity index (χ3v) is 1.97. The zero-order valence-electron chi connectivity index (χ0n) is 10.5.